The monoisotopic (exact) mass is 279 g/mol. The molecule has 2 aromatic carbocycles. The Bertz CT molecular complexity index is 724. The number of para-hydroxylation sites is 1. The number of hydrogen-bond donors (Lipinski definition) is 1. The van der Waals surface area contributed by atoms with Crippen LogP contribution in [0, 0.1) is 13.8 Å². The molecular weight excluding hydrogens is 258 g/mol. The summed E-state index contributed by atoms with van der Waals surface area (Å²) in [4.78, 5) is 0. The van der Waals surface area contributed by atoms with Crippen LogP contribution < -0.4 is 5.32 Å². The van der Waals surface area contributed by atoms with Crippen molar-refractivity contribution in [2.24, 2.45) is 0 Å². The Labute approximate surface area is 125 Å². The van der Waals surface area contributed by atoms with Crippen molar-refractivity contribution in [2.45, 2.75) is 33.4 Å². The molecule has 0 amide bonds. The Hall–Kier alpha value is -2.06. The first-order valence-electron chi connectivity index (χ1n) is 7.41. The van der Waals surface area contributed by atoms with E-state index in [1.54, 1.807) is 0 Å². The van der Waals surface area contributed by atoms with E-state index >= 15 is 0 Å². The van der Waals surface area contributed by atoms with Crippen LogP contribution in [0.3, 0.4) is 0 Å². The molecule has 2 nitrogen and oxygen atoms in total. The van der Waals surface area contributed by atoms with E-state index in [4.69, 9.17) is 4.42 Å². The molecule has 0 saturated heterocycles. The highest BCUT2D eigenvalue weighted by Gasteiger charge is 2.11. The number of nitrogens with one attached hydrogen (secondary N) is 1. The highest BCUT2D eigenvalue weighted by Crippen LogP contribution is 2.24. The lowest BCUT2D eigenvalue weighted by molar-refractivity contribution is 0.450. The van der Waals surface area contributed by atoms with E-state index in [1.807, 2.05) is 18.2 Å². The minimum atomic E-state index is 0.192. The number of benzene rings is 2. The van der Waals surface area contributed by atoms with Gasteiger partial charge in [0.25, 0.3) is 0 Å². The molecule has 108 valence electrons. The predicted octanol–water partition coefficient (Wildman–Crippen LogP) is 4.90. The van der Waals surface area contributed by atoms with Crippen molar-refractivity contribution in [3.05, 3.63) is 71.0 Å². The number of fused-ring (bicyclic) bond motifs is 1. The van der Waals surface area contributed by atoms with Crippen LogP contribution in [0.4, 0.5) is 0 Å². The molecule has 0 fully saturated rings. The van der Waals surface area contributed by atoms with Gasteiger partial charge in [-0.25, -0.2) is 0 Å². The highest BCUT2D eigenvalue weighted by molar-refractivity contribution is 5.77. The minimum Gasteiger partial charge on any atom is -0.459 e. The molecule has 2 heteroatoms. The van der Waals surface area contributed by atoms with Gasteiger partial charge in [-0.3, -0.25) is 0 Å². The lowest BCUT2D eigenvalue weighted by Gasteiger charge is -2.13. The average molecular weight is 279 g/mol. The fraction of sp³-hybridized carbons (Fsp3) is 0.263. The van der Waals surface area contributed by atoms with Crippen molar-refractivity contribution < 1.29 is 4.42 Å². The molecule has 0 aliphatic carbocycles. The molecule has 0 radical (unpaired) electrons. The van der Waals surface area contributed by atoms with Gasteiger partial charge in [0, 0.05) is 11.9 Å². The highest BCUT2D eigenvalue weighted by atomic mass is 16.3. The van der Waals surface area contributed by atoms with Gasteiger partial charge in [0.2, 0.25) is 0 Å². The Morgan fingerprint density at radius 2 is 1.86 bits per heavy atom. The summed E-state index contributed by atoms with van der Waals surface area (Å²) in [5.74, 6) is 0.988. The summed E-state index contributed by atoms with van der Waals surface area (Å²) in [6, 6.07) is 17.0. The standard InChI is InChI=1S/C19H21NO/c1-13-8-9-14(2)17(10-13)12-20-15(3)19-11-16-6-4-5-7-18(16)21-19/h4-11,15,20H,12H2,1-3H3. The zero-order valence-corrected chi connectivity index (χ0v) is 12.8. The van der Waals surface area contributed by atoms with Gasteiger partial charge >= 0.3 is 0 Å². The summed E-state index contributed by atoms with van der Waals surface area (Å²) >= 11 is 0. The molecule has 1 heterocycles. The Kier molecular flexibility index (Phi) is 3.80. The molecule has 0 aliphatic rings. The van der Waals surface area contributed by atoms with Crippen molar-refractivity contribution in [3.63, 3.8) is 0 Å². The van der Waals surface area contributed by atoms with Crippen molar-refractivity contribution in [1.82, 2.24) is 5.32 Å². The smallest absolute Gasteiger partial charge is 0.134 e. The van der Waals surface area contributed by atoms with Crippen LogP contribution in [0.2, 0.25) is 0 Å². The van der Waals surface area contributed by atoms with Crippen molar-refractivity contribution in [1.29, 1.82) is 0 Å². The third kappa shape index (κ3) is 3.01. The third-order valence-electron chi connectivity index (χ3n) is 3.97. The molecule has 0 bridgehead atoms. The zero-order valence-electron chi connectivity index (χ0n) is 12.8. The average Bonchev–Trinajstić information content (AvgIpc) is 2.92. The lowest BCUT2D eigenvalue weighted by atomic mass is 10.1. The van der Waals surface area contributed by atoms with Crippen molar-refractivity contribution >= 4 is 11.0 Å². The van der Waals surface area contributed by atoms with Crippen LogP contribution in [0.5, 0.6) is 0 Å². The van der Waals surface area contributed by atoms with E-state index in [9.17, 15) is 0 Å². The SMILES string of the molecule is Cc1ccc(C)c(CNC(C)c2cc3ccccc3o2)c1. The predicted molar refractivity (Wildman–Crippen MR) is 87.4 cm³/mol. The van der Waals surface area contributed by atoms with Gasteiger partial charge in [-0.2, -0.15) is 0 Å². The van der Waals surface area contributed by atoms with E-state index in [1.165, 1.54) is 16.7 Å². The van der Waals surface area contributed by atoms with Gasteiger partial charge in [-0.05, 0) is 44.0 Å². The molecule has 0 spiro atoms. The van der Waals surface area contributed by atoms with Crippen LogP contribution >= 0.6 is 0 Å². The number of furan rings is 1. The number of hydrogen-bond acceptors (Lipinski definition) is 2. The van der Waals surface area contributed by atoms with Gasteiger partial charge in [0.1, 0.15) is 11.3 Å². The summed E-state index contributed by atoms with van der Waals surface area (Å²) in [6.45, 7) is 7.28. The molecular formula is C19H21NO. The van der Waals surface area contributed by atoms with Gasteiger partial charge in [-0.1, -0.05) is 42.0 Å². The fourth-order valence-electron chi connectivity index (χ4n) is 2.57. The maximum atomic E-state index is 5.91. The Morgan fingerprint density at radius 1 is 1.05 bits per heavy atom. The minimum absolute atomic E-state index is 0.192. The molecule has 0 saturated carbocycles. The Morgan fingerprint density at radius 3 is 2.67 bits per heavy atom. The molecule has 1 unspecified atom stereocenters. The van der Waals surface area contributed by atoms with Crippen LogP contribution in [0.25, 0.3) is 11.0 Å². The second-order valence-corrected chi connectivity index (χ2v) is 5.72. The summed E-state index contributed by atoms with van der Waals surface area (Å²) in [6.07, 6.45) is 0. The molecule has 21 heavy (non-hydrogen) atoms. The third-order valence-corrected chi connectivity index (χ3v) is 3.97. The first kappa shape index (κ1) is 13.9. The second kappa shape index (κ2) is 5.74. The normalized spacial score (nSPS) is 12.7. The van der Waals surface area contributed by atoms with Gasteiger partial charge in [-0.15, -0.1) is 0 Å². The molecule has 1 atom stereocenters. The van der Waals surface area contributed by atoms with Crippen molar-refractivity contribution in [3.8, 4) is 0 Å². The number of aryl methyl sites for hydroxylation is 2. The molecule has 0 aliphatic heterocycles. The van der Waals surface area contributed by atoms with Gasteiger partial charge < -0.3 is 9.73 Å². The lowest BCUT2D eigenvalue weighted by Crippen LogP contribution is -2.18. The maximum absolute atomic E-state index is 5.91. The van der Waals surface area contributed by atoms with Gasteiger partial charge in [0.15, 0.2) is 0 Å². The van der Waals surface area contributed by atoms with Crippen LogP contribution in [-0.4, -0.2) is 0 Å². The van der Waals surface area contributed by atoms with E-state index in [-0.39, 0.29) is 6.04 Å². The van der Waals surface area contributed by atoms with Gasteiger partial charge in [0.05, 0.1) is 6.04 Å². The fourth-order valence-corrected chi connectivity index (χ4v) is 2.57. The maximum Gasteiger partial charge on any atom is 0.134 e. The Balaban J connectivity index is 1.74. The van der Waals surface area contributed by atoms with E-state index in [0.29, 0.717) is 0 Å². The van der Waals surface area contributed by atoms with Crippen LogP contribution in [0.15, 0.2) is 52.9 Å². The number of rotatable bonds is 4. The first-order valence-corrected chi connectivity index (χ1v) is 7.41. The first-order chi connectivity index (χ1) is 10.1. The van der Waals surface area contributed by atoms with Crippen molar-refractivity contribution in [2.75, 3.05) is 0 Å². The quantitative estimate of drug-likeness (QED) is 0.734. The van der Waals surface area contributed by atoms with Crippen LogP contribution in [-0.2, 0) is 6.54 Å². The molecule has 1 N–H and O–H groups in total. The van der Waals surface area contributed by atoms with E-state index < -0.39 is 0 Å². The molecule has 3 rings (SSSR count). The summed E-state index contributed by atoms with van der Waals surface area (Å²) in [7, 11) is 0. The molecule has 1 aromatic heterocycles. The van der Waals surface area contributed by atoms with E-state index in [0.717, 1.165) is 23.3 Å². The zero-order chi connectivity index (χ0) is 14.8. The largest absolute Gasteiger partial charge is 0.459 e. The van der Waals surface area contributed by atoms with Crippen LogP contribution in [0.1, 0.15) is 35.4 Å². The summed E-state index contributed by atoms with van der Waals surface area (Å²) in [5.41, 5.74) is 4.92. The second-order valence-electron chi connectivity index (χ2n) is 5.72. The summed E-state index contributed by atoms with van der Waals surface area (Å²) in [5, 5.41) is 4.71. The molecule has 3 aromatic rings. The topological polar surface area (TPSA) is 25.2 Å². The van der Waals surface area contributed by atoms with E-state index in [2.05, 4.69) is 56.4 Å². The summed E-state index contributed by atoms with van der Waals surface area (Å²) < 4.78 is 5.91.